The van der Waals surface area contributed by atoms with Gasteiger partial charge in [-0.1, -0.05) is 0 Å². The van der Waals surface area contributed by atoms with E-state index in [2.05, 4.69) is 5.32 Å². The fraction of sp³-hybridized carbons (Fsp3) is 0.818. The lowest BCUT2D eigenvalue weighted by Crippen LogP contribution is -2.56. The fourth-order valence-corrected chi connectivity index (χ4v) is 4.05. The van der Waals surface area contributed by atoms with Crippen LogP contribution in [0.15, 0.2) is 0 Å². The Kier molecular flexibility index (Phi) is 6.12. The molecule has 20 heavy (non-hydrogen) atoms. The van der Waals surface area contributed by atoms with E-state index in [9.17, 15) is 18.0 Å². The number of amides is 2. The molecule has 0 aliphatic carbocycles. The number of carboxylic acids is 1. The van der Waals surface area contributed by atoms with Gasteiger partial charge in [-0.2, -0.15) is 11.8 Å². The molecule has 1 heterocycles. The first-order valence-electron chi connectivity index (χ1n) is 6.26. The third-order valence-electron chi connectivity index (χ3n) is 3.14. The maximum absolute atomic E-state index is 12.0. The summed E-state index contributed by atoms with van der Waals surface area (Å²) in [6, 6.07) is -1.90. The van der Waals surface area contributed by atoms with Gasteiger partial charge in [-0.15, -0.1) is 0 Å². The van der Waals surface area contributed by atoms with Gasteiger partial charge in [0.05, 0.1) is 11.5 Å². The molecule has 1 fully saturated rings. The second-order valence-electron chi connectivity index (χ2n) is 4.78. The van der Waals surface area contributed by atoms with E-state index >= 15 is 0 Å². The molecular weight excluding hydrogens is 304 g/mol. The third kappa shape index (κ3) is 4.86. The van der Waals surface area contributed by atoms with Crippen LogP contribution in [-0.2, 0) is 14.6 Å². The molecule has 1 saturated heterocycles. The Morgan fingerprint density at radius 3 is 2.65 bits per heavy atom. The van der Waals surface area contributed by atoms with Gasteiger partial charge in [0.1, 0.15) is 6.04 Å². The lowest BCUT2D eigenvalue weighted by molar-refractivity contribution is -0.139. The molecule has 0 aromatic carbocycles. The Bertz CT molecular complexity index is 465. The summed E-state index contributed by atoms with van der Waals surface area (Å²) in [7, 11) is -3.10. The lowest BCUT2D eigenvalue weighted by Gasteiger charge is -2.33. The van der Waals surface area contributed by atoms with E-state index in [4.69, 9.17) is 5.11 Å². The van der Waals surface area contributed by atoms with Gasteiger partial charge < -0.3 is 15.3 Å². The highest BCUT2D eigenvalue weighted by Gasteiger charge is 2.32. The fourth-order valence-electron chi connectivity index (χ4n) is 2.03. The molecule has 116 valence electrons. The summed E-state index contributed by atoms with van der Waals surface area (Å²) in [5.41, 5.74) is 0. The van der Waals surface area contributed by atoms with E-state index in [0.29, 0.717) is 12.2 Å². The van der Waals surface area contributed by atoms with Gasteiger partial charge in [-0.25, -0.2) is 18.0 Å². The summed E-state index contributed by atoms with van der Waals surface area (Å²) in [4.78, 5) is 24.5. The average Bonchev–Trinajstić information content (AvgIpc) is 2.32. The van der Waals surface area contributed by atoms with Crippen LogP contribution in [0.5, 0.6) is 0 Å². The van der Waals surface area contributed by atoms with E-state index in [1.54, 1.807) is 6.92 Å². The molecule has 2 N–H and O–H groups in total. The van der Waals surface area contributed by atoms with E-state index in [0.717, 1.165) is 0 Å². The van der Waals surface area contributed by atoms with E-state index < -0.39 is 33.9 Å². The van der Waals surface area contributed by atoms with Gasteiger partial charge in [-0.3, -0.25) is 0 Å². The number of hydrogen-bond donors (Lipinski definition) is 2. The zero-order chi connectivity index (χ0) is 15.3. The minimum absolute atomic E-state index is 0.0761. The normalized spacial score (nSPS) is 23.1. The van der Waals surface area contributed by atoms with Crippen LogP contribution < -0.4 is 5.32 Å². The number of sulfone groups is 1. The molecule has 0 aromatic rings. The first-order chi connectivity index (χ1) is 9.26. The molecule has 1 unspecified atom stereocenters. The summed E-state index contributed by atoms with van der Waals surface area (Å²) < 4.78 is 22.9. The van der Waals surface area contributed by atoms with Crippen LogP contribution in [0.3, 0.4) is 0 Å². The second-order valence-corrected chi connectivity index (χ2v) is 7.99. The molecule has 0 aromatic heterocycles. The highest BCUT2D eigenvalue weighted by Crippen LogP contribution is 2.12. The average molecular weight is 324 g/mol. The minimum Gasteiger partial charge on any atom is -0.480 e. The zero-order valence-corrected chi connectivity index (χ0v) is 13.2. The largest absolute Gasteiger partial charge is 0.480 e. The lowest BCUT2D eigenvalue weighted by atomic mass is 10.2. The molecule has 0 spiro atoms. The summed E-state index contributed by atoms with van der Waals surface area (Å²) in [5, 5.41) is 11.5. The number of hydrogen-bond acceptors (Lipinski definition) is 5. The number of thioether (sulfide) groups is 1. The van der Waals surface area contributed by atoms with Crippen LogP contribution in [-0.4, -0.2) is 72.6 Å². The maximum atomic E-state index is 12.0. The van der Waals surface area contributed by atoms with Crippen LogP contribution in [0, 0.1) is 0 Å². The van der Waals surface area contributed by atoms with Crippen LogP contribution in [0.25, 0.3) is 0 Å². The van der Waals surface area contributed by atoms with E-state index in [1.807, 2.05) is 6.26 Å². The van der Waals surface area contributed by atoms with Gasteiger partial charge in [-0.05, 0) is 25.4 Å². The molecule has 0 bridgehead atoms. The Balaban J connectivity index is 2.63. The minimum atomic E-state index is -3.10. The molecule has 0 radical (unpaired) electrons. The standard InChI is InChI=1S/C11H20N2O5S2/c1-8-7-20(17,18)6-4-13(8)11(16)12-9(10(14)15)3-5-19-2/h8-9H,3-7H2,1-2H3,(H,12,16)(H,14,15)/t8?,9-/m0/s1. The van der Waals surface area contributed by atoms with Crippen molar-refractivity contribution in [2.75, 3.05) is 30.1 Å². The topological polar surface area (TPSA) is 104 Å². The van der Waals surface area contributed by atoms with Gasteiger partial charge in [0.2, 0.25) is 0 Å². The summed E-state index contributed by atoms with van der Waals surface area (Å²) in [6.45, 7) is 1.75. The van der Waals surface area contributed by atoms with Gasteiger partial charge in [0.15, 0.2) is 9.84 Å². The maximum Gasteiger partial charge on any atom is 0.326 e. The number of nitrogens with zero attached hydrogens (tertiary/aromatic N) is 1. The van der Waals surface area contributed by atoms with Crippen molar-refractivity contribution in [1.82, 2.24) is 10.2 Å². The number of nitrogens with one attached hydrogen (secondary N) is 1. The van der Waals surface area contributed by atoms with Gasteiger partial charge in [0, 0.05) is 12.6 Å². The molecular formula is C11H20N2O5S2. The summed E-state index contributed by atoms with van der Waals surface area (Å²) >= 11 is 1.50. The second kappa shape index (κ2) is 7.16. The van der Waals surface area contributed by atoms with Gasteiger partial charge >= 0.3 is 12.0 Å². The Hall–Kier alpha value is -0.960. The first-order valence-corrected chi connectivity index (χ1v) is 9.47. The molecule has 2 atom stereocenters. The highest BCUT2D eigenvalue weighted by molar-refractivity contribution is 7.98. The number of carbonyl (C=O) groups is 2. The van der Waals surface area contributed by atoms with Crippen LogP contribution >= 0.6 is 11.8 Å². The third-order valence-corrected chi connectivity index (χ3v) is 5.58. The molecule has 0 saturated carbocycles. The van der Waals surface area contributed by atoms with Crippen LogP contribution in [0.4, 0.5) is 4.79 Å². The van der Waals surface area contributed by atoms with Crippen molar-refractivity contribution >= 4 is 33.6 Å². The molecule has 1 rings (SSSR count). The highest BCUT2D eigenvalue weighted by atomic mass is 32.2. The zero-order valence-electron chi connectivity index (χ0n) is 11.5. The predicted octanol–water partition coefficient (Wildman–Crippen LogP) is 0.0212. The molecule has 7 nitrogen and oxygen atoms in total. The Labute approximate surface area is 123 Å². The summed E-state index contributed by atoms with van der Waals surface area (Å²) in [6.07, 6.45) is 2.20. The molecule has 1 aliphatic heterocycles. The Morgan fingerprint density at radius 2 is 2.15 bits per heavy atom. The number of rotatable bonds is 5. The number of carbonyl (C=O) groups excluding carboxylic acids is 1. The van der Waals surface area contributed by atoms with Crippen molar-refractivity contribution in [2.45, 2.75) is 25.4 Å². The monoisotopic (exact) mass is 324 g/mol. The van der Waals surface area contributed by atoms with E-state index in [1.165, 1.54) is 16.7 Å². The van der Waals surface area contributed by atoms with Crippen molar-refractivity contribution in [2.24, 2.45) is 0 Å². The van der Waals surface area contributed by atoms with E-state index in [-0.39, 0.29) is 18.1 Å². The van der Waals surface area contributed by atoms with Gasteiger partial charge in [0.25, 0.3) is 0 Å². The molecule has 1 aliphatic rings. The van der Waals surface area contributed by atoms with Crippen LogP contribution in [0.2, 0.25) is 0 Å². The quantitative estimate of drug-likeness (QED) is 0.739. The smallest absolute Gasteiger partial charge is 0.326 e. The summed E-state index contributed by atoms with van der Waals surface area (Å²) in [5.74, 6) is -0.609. The van der Waals surface area contributed by atoms with Crippen LogP contribution in [0.1, 0.15) is 13.3 Å². The molecule has 2 amide bonds. The van der Waals surface area contributed by atoms with Crippen molar-refractivity contribution in [3.63, 3.8) is 0 Å². The number of carboxylic acid groups (broad SMARTS) is 1. The van der Waals surface area contributed by atoms with Crippen molar-refractivity contribution in [3.05, 3.63) is 0 Å². The van der Waals surface area contributed by atoms with Crippen molar-refractivity contribution in [3.8, 4) is 0 Å². The predicted molar refractivity (Wildman–Crippen MR) is 77.8 cm³/mol. The number of aliphatic carboxylic acids is 1. The Morgan fingerprint density at radius 1 is 1.50 bits per heavy atom. The first kappa shape index (κ1) is 17.1. The number of urea groups is 1. The van der Waals surface area contributed by atoms with Crippen molar-refractivity contribution < 1.29 is 23.1 Å². The molecule has 9 heteroatoms. The SMILES string of the molecule is CSCC[C@H](NC(=O)N1CCS(=O)(=O)CC1C)C(=O)O. The van der Waals surface area contributed by atoms with Crippen molar-refractivity contribution in [1.29, 1.82) is 0 Å².